The minimum absolute atomic E-state index is 0.0876. The third-order valence-corrected chi connectivity index (χ3v) is 7.06. The Bertz CT molecular complexity index is 620. The van der Waals surface area contributed by atoms with Crippen molar-refractivity contribution in [2.24, 2.45) is 13.0 Å². The number of likely N-dealkylation sites (tertiary alicyclic amines) is 1. The molecule has 0 bridgehead atoms. The van der Waals surface area contributed by atoms with Gasteiger partial charge in [-0.05, 0) is 64.0 Å². The molecule has 1 N–H and O–H groups in total. The number of aromatic nitrogens is 2. The van der Waals surface area contributed by atoms with Gasteiger partial charge < -0.3 is 10.2 Å². The highest BCUT2D eigenvalue weighted by Crippen LogP contribution is 2.29. The number of carbonyl (C=O) groups excluding carboxylic acids is 1. The van der Waals surface area contributed by atoms with Gasteiger partial charge in [-0.2, -0.15) is 5.10 Å². The van der Waals surface area contributed by atoms with Gasteiger partial charge in [-0.15, -0.1) is 0 Å². The standard InChI is InChI=1S/C22H36N4O/c1-25-16-20(22(27)23-18-7-5-6-8-18)21(24-25)15-17-11-13-26(14-12-17)19-9-3-2-4-10-19/h16-19H,2-15H2,1H3,(H,23,27). The van der Waals surface area contributed by atoms with Crippen molar-refractivity contribution in [2.45, 2.75) is 89.1 Å². The lowest BCUT2D eigenvalue weighted by molar-refractivity contribution is 0.0934. The molecule has 27 heavy (non-hydrogen) atoms. The lowest BCUT2D eigenvalue weighted by atomic mass is 9.88. The summed E-state index contributed by atoms with van der Waals surface area (Å²) in [5, 5.41) is 7.89. The smallest absolute Gasteiger partial charge is 0.254 e. The van der Waals surface area contributed by atoms with Crippen LogP contribution in [-0.4, -0.2) is 45.8 Å². The summed E-state index contributed by atoms with van der Waals surface area (Å²) in [6.07, 6.45) is 17.1. The van der Waals surface area contributed by atoms with Crippen molar-refractivity contribution in [2.75, 3.05) is 13.1 Å². The summed E-state index contributed by atoms with van der Waals surface area (Å²) in [5.74, 6) is 0.752. The highest BCUT2D eigenvalue weighted by molar-refractivity contribution is 5.95. The Labute approximate surface area is 163 Å². The second-order valence-electron chi connectivity index (χ2n) is 9.09. The van der Waals surface area contributed by atoms with Gasteiger partial charge in [-0.25, -0.2) is 0 Å². The van der Waals surface area contributed by atoms with Gasteiger partial charge in [0.2, 0.25) is 0 Å². The lowest BCUT2D eigenvalue weighted by Gasteiger charge is -2.39. The Morgan fingerprint density at radius 2 is 1.70 bits per heavy atom. The molecule has 4 rings (SSSR count). The average Bonchev–Trinajstić information content (AvgIpc) is 3.32. The molecule has 2 saturated carbocycles. The van der Waals surface area contributed by atoms with E-state index < -0.39 is 0 Å². The van der Waals surface area contributed by atoms with E-state index in [1.165, 1.54) is 70.9 Å². The van der Waals surface area contributed by atoms with Crippen LogP contribution in [0.25, 0.3) is 0 Å². The van der Waals surface area contributed by atoms with Crippen molar-refractivity contribution < 1.29 is 4.79 Å². The molecular weight excluding hydrogens is 336 g/mol. The number of aryl methyl sites for hydroxylation is 1. The molecule has 1 amide bonds. The summed E-state index contributed by atoms with van der Waals surface area (Å²) >= 11 is 0. The SMILES string of the molecule is Cn1cc(C(=O)NC2CCCC2)c(CC2CCN(C3CCCCC3)CC2)n1. The number of nitrogens with zero attached hydrogens (tertiary/aromatic N) is 3. The maximum absolute atomic E-state index is 12.8. The lowest BCUT2D eigenvalue weighted by Crippen LogP contribution is -2.42. The Morgan fingerprint density at radius 3 is 2.41 bits per heavy atom. The molecule has 2 aliphatic carbocycles. The molecule has 2 heterocycles. The molecule has 0 spiro atoms. The fourth-order valence-electron chi connectivity index (χ4n) is 5.45. The molecule has 5 heteroatoms. The number of hydrogen-bond acceptors (Lipinski definition) is 3. The zero-order chi connectivity index (χ0) is 18.6. The van der Waals surface area contributed by atoms with E-state index in [9.17, 15) is 4.79 Å². The first-order valence-corrected chi connectivity index (χ1v) is 11.3. The molecule has 1 aromatic heterocycles. The molecule has 0 atom stereocenters. The number of rotatable bonds is 5. The van der Waals surface area contributed by atoms with Crippen LogP contribution in [0.1, 0.15) is 86.7 Å². The van der Waals surface area contributed by atoms with Crippen LogP contribution in [0.5, 0.6) is 0 Å². The highest BCUT2D eigenvalue weighted by Gasteiger charge is 2.28. The van der Waals surface area contributed by atoms with Crippen LogP contribution in [0, 0.1) is 5.92 Å². The quantitative estimate of drug-likeness (QED) is 0.858. The molecule has 5 nitrogen and oxygen atoms in total. The molecule has 1 aliphatic heterocycles. The number of nitrogens with one attached hydrogen (secondary N) is 1. The van der Waals surface area contributed by atoms with Crippen LogP contribution in [0.3, 0.4) is 0 Å². The van der Waals surface area contributed by atoms with Gasteiger partial charge in [0.15, 0.2) is 0 Å². The Balaban J connectivity index is 1.32. The Kier molecular flexibility index (Phi) is 6.16. The van der Waals surface area contributed by atoms with Gasteiger partial charge in [0.25, 0.3) is 5.91 Å². The predicted molar refractivity (Wildman–Crippen MR) is 108 cm³/mol. The van der Waals surface area contributed by atoms with E-state index in [1.54, 1.807) is 0 Å². The van der Waals surface area contributed by atoms with E-state index >= 15 is 0 Å². The molecule has 0 aromatic carbocycles. The van der Waals surface area contributed by atoms with Gasteiger partial charge in [0.1, 0.15) is 0 Å². The van der Waals surface area contributed by atoms with Crippen molar-refractivity contribution in [3.05, 3.63) is 17.5 Å². The third kappa shape index (κ3) is 4.74. The van der Waals surface area contributed by atoms with Crippen molar-refractivity contribution in [3.8, 4) is 0 Å². The summed E-state index contributed by atoms with van der Waals surface area (Å²) in [4.78, 5) is 15.5. The monoisotopic (exact) mass is 372 g/mol. The average molecular weight is 373 g/mol. The van der Waals surface area contributed by atoms with Crippen LogP contribution in [0.2, 0.25) is 0 Å². The number of piperidine rings is 1. The molecule has 1 aromatic rings. The van der Waals surface area contributed by atoms with E-state index in [0.29, 0.717) is 12.0 Å². The molecule has 150 valence electrons. The highest BCUT2D eigenvalue weighted by atomic mass is 16.1. The minimum atomic E-state index is 0.0876. The Morgan fingerprint density at radius 1 is 1.04 bits per heavy atom. The van der Waals surface area contributed by atoms with Crippen LogP contribution < -0.4 is 5.32 Å². The molecule has 0 unspecified atom stereocenters. The van der Waals surface area contributed by atoms with Crippen molar-refractivity contribution in [3.63, 3.8) is 0 Å². The van der Waals surface area contributed by atoms with Gasteiger partial charge in [-0.1, -0.05) is 32.1 Å². The van der Waals surface area contributed by atoms with Gasteiger partial charge in [0.05, 0.1) is 11.3 Å². The fraction of sp³-hybridized carbons (Fsp3) is 0.818. The van der Waals surface area contributed by atoms with E-state index in [2.05, 4.69) is 15.3 Å². The van der Waals surface area contributed by atoms with Gasteiger partial charge >= 0.3 is 0 Å². The molecule has 3 aliphatic rings. The van der Waals surface area contributed by atoms with Crippen molar-refractivity contribution in [1.82, 2.24) is 20.0 Å². The van der Waals surface area contributed by atoms with Crippen LogP contribution in [0.15, 0.2) is 6.20 Å². The maximum atomic E-state index is 12.8. The summed E-state index contributed by atoms with van der Waals surface area (Å²) in [7, 11) is 1.93. The number of hydrogen-bond donors (Lipinski definition) is 1. The van der Waals surface area contributed by atoms with Crippen LogP contribution in [-0.2, 0) is 13.5 Å². The summed E-state index contributed by atoms with van der Waals surface area (Å²) in [6.45, 7) is 2.46. The maximum Gasteiger partial charge on any atom is 0.254 e. The number of amides is 1. The van der Waals surface area contributed by atoms with Crippen molar-refractivity contribution >= 4 is 5.91 Å². The molecule has 0 radical (unpaired) electrons. The first kappa shape index (κ1) is 19.0. The summed E-state index contributed by atoms with van der Waals surface area (Å²) in [6, 6.07) is 1.20. The second kappa shape index (κ2) is 8.76. The first-order chi connectivity index (χ1) is 13.2. The van der Waals surface area contributed by atoms with Gasteiger partial charge in [0, 0.05) is 25.3 Å². The van der Waals surface area contributed by atoms with E-state index in [-0.39, 0.29) is 5.91 Å². The van der Waals surface area contributed by atoms with Crippen LogP contribution >= 0.6 is 0 Å². The molecule has 3 fully saturated rings. The largest absolute Gasteiger partial charge is 0.349 e. The van der Waals surface area contributed by atoms with E-state index in [1.807, 2.05) is 17.9 Å². The number of carbonyl (C=O) groups is 1. The topological polar surface area (TPSA) is 50.2 Å². The van der Waals surface area contributed by atoms with E-state index in [0.717, 1.165) is 36.6 Å². The molecule has 1 saturated heterocycles. The fourth-order valence-corrected chi connectivity index (χ4v) is 5.45. The van der Waals surface area contributed by atoms with E-state index in [4.69, 9.17) is 0 Å². The zero-order valence-corrected chi connectivity index (χ0v) is 17.0. The van der Waals surface area contributed by atoms with Gasteiger partial charge in [-0.3, -0.25) is 9.48 Å². The second-order valence-corrected chi connectivity index (χ2v) is 9.09. The summed E-state index contributed by atoms with van der Waals surface area (Å²) < 4.78 is 1.82. The zero-order valence-electron chi connectivity index (χ0n) is 17.0. The normalized spacial score (nSPS) is 23.7. The predicted octanol–water partition coefficient (Wildman–Crippen LogP) is 3.68. The van der Waals surface area contributed by atoms with Crippen LogP contribution in [0.4, 0.5) is 0 Å². The molecular formula is C22H36N4O. The summed E-state index contributed by atoms with van der Waals surface area (Å²) in [5.41, 5.74) is 1.81. The Hall–Kier alpha value is -1.36. The van der Waals surface area contributed by atoms with Crippen molar-refractivity contribution in [1.29, 1.82) is 0 Å². The minimum Gasteiger partial charge on any atom is -0.349 e. The first-order valence-electron chi connectivity index (χ1n) is 11.3. The third-order valence-electron chi connectivity index (χ3n) is 7.06.